The fraction of sp³-hybridized carbons (Fsp3) is 0.364. The summed E-state index contributed by atoms with van der Waals surface area (Å²) in [5.41, 5.74) is 7.56. The van der Waals surface area contributed by atoms with Gasteiger partial charge in [0.1, 0.15) is 23.9 Å². The number of benzene rings is 1. The molecule has 4 rings (SSSR count). The summed E-state index contributed by atoms with van der Waals surface area (Å²) in [5, 5.41) is 2.51. The Kier molecular flexibility index (Phi) is 7.26. The number of piperazine rings is 1. The lowest BCUT2D eigenvalue weighted by atomic mass is 10.1. The van der Waals surface area contributed by atoms with Crippen LogP contribution in [0.4, 0.5) is 5.82 Å². The number of methoxy groups -OCH3 is 1. The SMILES string of the molecule is COCCC1C(=O)N(Cc2ccc3c(N)ncnc3c2)CCN1C(=O)COc1csc(Cl)c1. The minimum atomic E-state index is -0.612. The third-order valence-corrected chi connectivity index (χ3v) is 6.58. The predicted octanol–water partition coefficient (Wildman–Crippen LogP) is 2.58. The van der Waals surface area contributed by atoms with Crippen LogP contribution in [-0.2, 0) is 20.9 Å². The van der Waals surface area contributed by atoms with Gasteiger partial charge in [0.25, 0.3) is 5.91 Å². The molecule has 0 saturated carbocycles. The molecule has 1 fully saturated rings. The van der Waals surface area contributed by atoms with Gasteiger partial charge < -0.3 is 25.0 Å². The number of carbonyl (C=O) groups is 2. The van der Waals surface area contributed by atoms with E-state index < -0.39 is 6.04 Å². The number of hydrogen-bond donors (Lipinski definition) is 1. The Morgan fingerprint density at radius 3 is 2.91 bits per heavy atom. The molecular formula is C22H24ClN5O4S. The maximum atomic E-state index is 13.3. The second kappa shape index (κ2) is 10.3. The third-order valence-electron chi connectivity index (χ3n) is 5.51. The van der Waals surface area contributed by atoms with Gasteiger partial charge in [-0.15, -0.1) is 11.3 Å². The number of rotatable bonds is 8. The molecule has 3 aromatic rings. The van der Waals surface area contributed by atoms with Gasteiger partial charge in [0.05, 0.1) is 9.85 Å². The number of halogens is 1. The van der Waals surface area contributed by atoms with Crippen LogP contribution >= 0.6 is 22.9 Å². The summed E-state index contributed by atoms with van der Waals surface area (Å²) < 4.78 is 11.3. The molecule has 11 heteroatoms. The number of carbonyl (C=O) groups excluding carboxylic acids is 2. The Hall–Kier alpha value is -2.95. The first-order valence-corrected chi connectivity index (χ1v) is 11.6. The molecule has 0 spiro atoms. The first-order chi connectivity index (χ1) is 16.0. The second-order valence-corrected chi connectivity index (χ2v) is 9.17. The maximum absolute atomic E-state index is 13.3. The Bertz CT molecular complexity index is 1160. The predicted molar refractivity (Wildman–Crippen MR) is 126 cm³/mol. The summed E-state index contributed by atoms with van der Waals surface area (Å²) >= 11 is 7.24. The van der Waals surface area contributed by atoms with E-state index in [0.717, 1.165) is 16.5 Å². The first-order valence-electron chi connectivity index (χ1n) is 10.4. The van der Waals surface area contributed by atoms with Crippen molar-refractivity contribution in [2.24, 2.45) is 0 Å². The molecule has 1 aliphatic heterocycles. The Balaban J connectivity index is 1.45. The van der Waals surface area contributed by atoms with Crippen LogP contribution in [0, 0.1) is 0 Å². The van der Waals surface area contributed by atoms with Crippen LogP contribution in [0.25, 0.3) is 10.9 Å². The largest absolute Gasteiger partial charge is 0.483 e. The van der Waals surface area contributed by atoms with Crippen molar-refractivity contribution in [3.63, 3.8) is 0 Å². The highest BCUT2D eigenvalue weighted by Crippen LogP contribution is 2.26. The molecule has 1 aliphatic rings. The van der Waals surface area contributed by atoms with Gasteiger partial charge in [0, 0.05) is 56.6 Å². The maximum Gasteiger partial charge on any atom is 0.261 e. The molecule has 3 heterocycles. The van der Waals surface area contributed by atoms with Gasteiger partial charge in [0.15, 0.2) is 6.61 Å². The number of nitrogens with two attached hydrogens (primary N) is 1. The van der Waals surface area contributed by atoms with Crippen LogP contribution in [0.5, 0.6) is 5.75 Å². The van der Waals surface area contributed by atoms with Crippen LogP contribution in [-0.4, -0.2) is 71.0 Å². The van der Waals surface area contributed by atoms with Gasteiger partial charge in [-0.25, -0.2) is 9.97 Å². The van der Waals surface area contributed by atoms with Gasteiger partial charge in [-0.05, 0) is 17.7 Å². The smallest absolute Gasteiger partial charge is 0.261 e. The van der Waals surface area contributed by atoms with Gasteiger partial charge in [-0.1, -0.05) is 17.7 Å². The van der Waals surface area contributed by atoms with E-state index in [1.54, 1.807) is 28.4 Å². The summed E-state index contributed by atoms with van der Waals surface area (Å²) in [6, 6.07) is 6.73. The number of anilines is 1. The van der Waals surface area contributed by atoms with E-state index in [-0.39, 0.29) is 18.4 Å². The van der Waals surface area contributed by atoms with Crippen LogP contribution in [0.15, 0.2) is 36.0 Å². The van der Waals surface area contributed by atoms with Crippen LogP contribution in [0.2, 0.25) is 4.34 Å². The van der Waals surface area contributed by atoms with Crippen molar-refractivity contribution in [2.75, 3.05) is 39.1 Å². The average molecular weight is 490 g/mol. The molecule has 0 bridgehead atoms. The molecule has 1 unspecified atom stereocenters. The van der Waals surface area contributed by atoms with E-state index in [4.69, 9.17) is 26.8 Å². The normalized spacial score (nSPS) is 16.4. The fourth-order valence-electron chi connectivity index (χ4n) is 3.84. The highest BCUT2D eigenvalue weighted by Gasteiger charge is 2.37. The Labute approximate surface area is 200 Å². The number of fused-ring (bicyclic) bond motifs is 1. The molecule has 2 N–H and O–H groups in total. The van der Waals surface area contributed by atoms with Crippen molar-refractivity contribution in [1.82, 2.24) is 19.8 Å². The topological polar surface area (TPSA) is 111 Å². The van der Waals surface area contributed by atoms with E-state index in [2.05, 4.69) is 9.97 Å². The highest BCUT2D eigenvalue weighted by molar-refractivity contribution is 7.14. The van der Waals surface area contributed by atoms with Crippen molar-refractivity contribution < 1.29 is 19.1 Å². The number of nitrogen functional groups attached to an aromatic ring is 1. The summed E-state index contributed by atoms with van der Waals surface area (Å²) in [6.07, 6.45) is 1.83. The summed E-state index contributed by atoms with van der Waals surface area (Å²) in [4.78, 5) is 37.8. The van der Waals surface area contributed by atoms with Crippen molar-refractivity contribution in [1.29, 1.82) is 0 Å². The van der Waals surface area contributed by atoms with Gasteiger partial charge >= 0.3 is 0 Å². The third kappa shape index (κ3) is 5.35. The zero-order chi connectivity index (χ0) is 23.4. The minimum absolute atomic E-state index is 0.118. The molecular weight excluding hydrogens is 466 g/mol. The molecule has 0 aliphatic carbocycles. The van der Waals surface area contributed by atoms with Crippen LogP contribution in [0.1, 0.15) is 12.0 Å². The van der Waals surface area contributed by atoms with Crippen LogP contribution in [0.3, 0.4) is 0 Å². The lowest BCUT2D eigenvalue weighted by Gasteiger charge is -2.40. The van der Waals surface area contributed by atoms with Crippen molar-refractivity contribution in [2.45, 2.75) is 19.0 Å². The molecule has 2 aromatic heterocycles. The van der Waals surface area contributed by atoms with E-state index in [1.165, 1.54) is 17.7 Å². The second-order valence-electron chi connectivity index (χ2n) is 7.63. The quantitative estimate of drug-likeness (QED) is 0.517. The number of thiophene rings is 1. The number of aromatic nitrogens is 2. The van der Waals surface area contributed by atoms with Crippen molar-refractivity contribution >= 4 is 51.5 Å². The Morgan fingerprint density at radius 1 is 1.30 bits per heavy atom. The molecule has 33 heavy (non-hydrogen) atoms. The Morgan fingerprint density at radius 2 is 2.15 bits per heavy atom. The minimum Gasteiger partial charge on any atom is -0.483 e. The standard InChI is InChI=1S/C22H24ClN5O4S/c1-31-7-4-18-22(30)27(10-14-2-3-16-17(8-14)25-13-26-21(16)24)5-6-28(18)20(29)11-32-15-9-19(23)33-12-15/h2-3,8-9,12-13,18H,4-7,10-11H2,1H3,(H2,24,25,26). The van der Waals surface area contributed by atoms with Crippen LogP contribution < -0.4 is 10.5 Å². The number of ether oxygens (including phenoxy) is 2. The molecule has 1 saturated heterocycles. The van der Waals surface area contributed by atoms with Gasteiger partial charge in [-0.3, -0.25) is 9.59 Å². The summed E-state index contributed by atoms with van der Waals surface area (Å²) in [5.74, 6) is 0.593. The number of amides is 2. The average Bonchev–Trinajstić information content (AvgIpc) is 3.23. The van der Waals surface area contributed by atoms with E-state index in [0.29, 0.717) is 48.6 Å². The first kappa shape index (κ1) is 23.2. The molecule has 1 atom stereocenters. The molecule has 9 nitrogen and oxygen atoms in total. The van der Waals surface area contributed by atoms with E-state index in [1.807, 2.05) is 18.2 Å². The summed E-state index contributed by atoms with van der Waals surface area (Å²) in [7, 11) is 1.57. The summed E-state index contributed by atoms with van der Waals surface area (Å²) in [6.45, 7) is 1.45. The monoisotopic (exact) mass is 489 g/mol. The lowest BCUT2D eigenvalue weighted by Crippen LogP contribution is -2.59. The fourth-order valence-corrected chi connectivity index (χ4v) is 4.63. The molecule has 2 amide bonds. The van der Waals surface area contributed by atoms with Crippen molar-refractivity contribution in [3.8, 4) is 5.75 Å². The number of hydrogen-bond acceptors (Lipinski definition) is 8. The highest BCUT2D eigenvalue weighted by atomic mass is 35.5. The lowest BCUT2D eigenvalue weighted by molar-refractivity contribution is -0.153. The number of nitrogens with zero attached hydrogens (tertiary/aromatic N) is 4. The zero-order valence-electron chi connectivity index (χ0n) is 18.1. The van der Waals surface area contributed by atoms with Gasteiger partial charge in [0.2, 0.25) is 5.91 Å². The van der Waals surface area contributed by atoms with Gasteiger partial charge in [-0.2, -0.15) is 0 Å². The molecule has 174 valence electrons. The molecule has 0 radical (unpaired) electrons. The van der Waals surface area contributed by atoms with E-state index in [9.17, 15) is 9.59 Å². The zero-order valence-corrected chi connectivity index (χ0v) is 19.6. The van der Waals surface area contributed by atoms with Crippen molar-refractivity contribution in [3.05, 3.63) is 45.9 Å². The molecule has 1 aromatic carbocycles. The van der Waals surface area contributed by atoms with E-state index >= 15 is 0 Å².